The molecule has 0 aromatic carbocycles. The first-order valence-electron chi connectivity index (χ1n) is 0.756. The van der Waals surface area contributed by atoms with Gasteiger partial charge in [0, 0.05) is 0 Å². The summed E-state index contributed by atoms with van der Waals surface area (Å²) < 4.78 is 0. The first-order chi connectivity index (χ1) is 2.00. The molecule has 0 amide bonds. The van der Waals surface area contributed by atoms with Crippen LogP contribution in [0.4, 0.5) is 0 Å². The number of halogens is 4. The van der Waals surface area contributed by atoms with Crippen LogP contribution in [0.3, 0.4) is 0 Å². The Labute approximate surface area is 71.5 Å². The molecule has 0 aliphatic carbocycles. The Balaban J connectivity index is -0.0000000800. The molecule has 0 radical (unpaired) electrons. The molecule has 1 nitrogen and oxygen atoms in total. The zero-order valence-electron chi connectivity index (χ0n) is 2.72. The zero-order valence-corrected chi connectivity index (χ0v) is 13.0. The van der Waals surface area contributed by atoms with Gasteiger partial charge < -0.3 is 6.15 Å². The van der Waals surface area contributed by atoms with Crippen LogP contribution in [0.5, 0.6) is 0 Å². The predicted molar refractivity (Wildman–Crippen MR) is 53.2 cm³/mol. The monoisotopic (exact) mass is 557 g/mol. The van der Waals surface area contributed by atoms with Gasteiger partial charge in [-0.25, -0.2) is 0 Å². The molecule has 0 aromatic rings. The topological polar surface area (TPSA) is 35.0 Å². The Morgan fingerprint density at radius 2 is 0.857 bits per heavy atom. The molecule has 0 aromatic heterocycles. The van der Waals surface area contributed by atoms with Crippen LogP contribution in [0, 0.1) is 0 Å². The second kappa shape index (κ2) is 6.92. The van der Waals surface area contributed by atoms with Crippen molar-refractivity contribution in [3.63, 3.8) is 0 Å². The fourth-order valence-electron chi connectivity index (χ4n) is 0. The van der Waals surface area contributed by atoms with E-state index >= 15 is 0 Å². The molecular formula is CH7Br4NPb. The summed E-state index contributed by atoms with van der Waals surface area (Å²) in [5.74, 6) is 0. The second-order valence-electron chi connectivity index (χ2n) is 0.429. The molecule has 0 unspecified atom stereocenters. The van der Waals surface area contributed by atoms with Gasteiger partial charge >= 0.3 is 59.5 Å². The van der Waals surface area contributed by atoms with Gasteiger partial charge in [-0.3, -0.25) is 0 Å². The SMILES string of the molecule is C.N.[Br][Pb]([Br])([Br])[Br]. The van der Waals surface area contributed by atoms with Crippen LogP contribution in [0.1, 0.15) is 7.43 Å². The van der Waals surface area contributed by atoms with E-state index in [1.807, 2.05) is 0 Å². The third-order valence-corrected chi connectivity index (χ3v) is 0. The zero-order chi connectivity index (χ0) is 4.50. The second-order valence-corrected chi connectivity index (χ2v) is 102. The first kappa shape index (κ1) is 16.4. The van der Waals surface area contributed by atoms with Gasteiger partial charge in [-0.05, 0) is 0 Å². The average molecular weight is 560 g/mol. The van der Waals surface area contributed by atoms with Crippen molar-refractivity contribution in [2.75, 3.05) is 0 Å². The van der Waals surface area contributed by atoms with Crippen molar-refractivity contribution in [3.05, 3.63) is 0 Å². The Morgan fingerprint density at radius 3 is 0.857 bits per heavy atom. The predicted octanol–water partition coefficient (Wildman–Crippen LogP) is 3.80. The molecule has 0 fully saturated rings. The van der Waals surface area contributed by atoms with E-state index in [9.17, 15) is 0 Å². The van der Waals surface area contributed by atoms with Gasteiger partial charge in [-0.15, -0.1) is 0 Å². The molecule has 3 N–H and O–H groups in total. The average Bonchev–Trinajstić information content (AvgIpc) is 0.722. The van der Waals surface area contributed by atoms with Crippen LogP contribution in [-0.2, 0) is 0 Å². The summed E-state index contributed by atoms with van der Waals surface area (Å²) in [5, 5.41) is 0. The van der Waals surface area contributed by atoms with E-state index in [0.717, 1.165) is 0 Å². The van der Waals surface area contributed by atoms with Crippen molar-refractivity contribution >= 4 is 59.5 Å². The summed E-state index contributed by atoms with van der Waals surface area (Å²) in [6, 6.07) is 0. The van der Waals surface area contributed by atoms with Gasteiger partial charge in [0.2, 0.25) is 0 Å². The van der Waals surface area contributed by atoms with E-state index in [2.05, 4.69) is 47.9 Å². The summed E-state index contributed by atoms with van der Waals surface area (Å²) in [7, 11) is 0. The normalized spacial score (nSPS) is 8.57. The van der Waals surface area contributed by atoms with Crippen LogP contribution < -0.4 is 6.15 Å². The minimum absolute atomic E-state index is 0. The summed E-state index contributed by atoms with van der Waals surface area (Å²) in [4.78, 5) is 0. The van der Waals surface area contributed by atoms with E-state index in [1.54, 1.807) is 0 Å². The van der Waals surface area contributed by atoms with Crippen LogP contribution in [0.25, 0.3) is 0 Å². The van der Waals surface area contributed by atoms with Crippen molar-refractivity contribution in [3.8, 4) is 0 Å². The number of rotatable bonds is 0. The molecule has 0 saturated carbocycles. The van der Waals surface area contributed by atoms with E-state index < -0.39 is 11.5 Å². The fraction of sp³-hybridized carbons (Fsp3) is 1.00. The Kier molecular flexibility index (Phi) is 16.2. The van der Waals surface area contributed by atoms with Crippen molar-refractivity contribution in [2.24, 2.45) is 0 Å². The van der Waals surface area contributed by atoms with Crippen molar-refractivity contribution in [2.45, 2.75) is 7.43 Å². The van der Waals surface area contributed by atoms with E-state index in [1.165, 1.54) is 0 Å². The van der Waals surface area contributed by atoms with Gasteiger partial charge in [0.15, 0.2) is 0 Å². The van der Waals surface area contributed by atoms with Crippen LogP contribution in [-0.4, -0.2) is 11.5 Å². The molecule has 0 saturated heterocycles. The maximum absolute atomic E-state index is 3.35. The molecule has 0 aliphatic rings. The van der Waals surface area contributed by atoms with Crippen LogP contribution in [0.15, 0.2) is 0 Å². The molecule has 7 heavy (non-hydrogen) atoms. The molecule has 0 aliphatic heterocycles. The van der Waals surface area contributed by atoms with Crippen molar-refractivity contribution < 1.29 is 0 Å². The third kappa shape index (κ3) is 51.9. The summed E-state index contributed by atoms with van der Waals surface area (Å²) in [6.07, 6.45) is 0. The molecule has 0 bridgehead atoms. The van der Waals surface area contributed by atoms with Crippen LogP contribution >= 0.6 is 47.9 Å². The van der Waals surface area contributed by atoms with Gasteiger partial charge in [0.05, 0.1) is 0 Å². The molecule has 6 heteroatoms. The Bertz CT molecular complexity index is 27.2. The van der Waals surface area contributed by atoms with E-state index in [-0.39, 0.29) is 13.6 Å². The summed E-state index contributed by atoms with van der Waals surface area (Å²) in [5.41, 5.74) is 0. The maximum atomic E-state index is 3.35. The van der Waals surface area contributed by atoms with Crippen LogP contribution in [0.2, 0.25) is 0 Å². The molecule has 0 spiro atoms. The molecular weight excluding hydrogens is 553 g/mol. The molecule has 0 atom stereocenters. The minimum atomic E-state index is -2.03. The number of hydrogen-bond donors (Lipinski definition) is 1. The Morgan fingerprint density at radius 1 is 0.857 bits per heavy atom. The van der Waals surface area contributed by atoms with Crippen molar-refractivity contribution in [1.82, 2.24) is 6.15 Å². The third-order valence-electron chi connectivity index (χ3n) is 0. The van der Waals surface area contributed by atoms with E-state index in [0.29, 0.717) is 0 Å². The standard InChI is InChI=1S/CH4.4BrH.H3N.Pb/h1H4;4*1H;1H3;/q;;;;;;+4/p-4. The van der Waals surface area contributed by atoms with E-state index in [4.69, 9.17) is 0 Å². The van der Waals surface area contributed by atoms with Gasteiger partial charge in [-0.1, -0.05) is 7.43 Å². The number of hydrogen-bond acceptors (Lipinski definition) is 1. The van der Waals surface area contributed by atoms with Gasteiger partial charge in [0.25, 0.3) is 0 Å². The quantitative estimate of drug-likeness (QED) is 0.451. The first-order valence-corrected chi connectivity index (χ1v) is 34.5. The van der Waals surface area contributed by atoms with Gasteiger partial charge in [-0.2, -0.15) is 0 Å². The molecule has 0 rings (SSSR count). The summed E-state index contributed by atoms with van der Waals surface area (Å²) >= 11 is 11.4. The van der Waals surface area contributed by atoms with Crippen molar-refractivity contribution in [1.29, 1.82) is 0 Å². The Hall–Kier alpha value is 2.80. The molecule has 0 heterocycles. The molecule has 48 valence electrons. The fourth-order valence-corrected chi connectivity index (χ4v) is 0. The summed E-state index contributed by atoms with van der Waals surface area (Å²) in [6.45, 7) is 0. The van der Waals surface area contributed by atoms with Gasteiger partial charge in [0.1, 0.15) is 0 Å².